The smallest absolute Gasteiger partial charge is 0.313 e. The van der Waals surface area contributed by atoms with Crippen LogP contribution in [-0.4, -0.2) is 32.7 Å². The average Bonchev–Trinajstić information content (AvgIpc) is 2.60. The number of amides is 1. The molecule has 3 rings (SSSR count). The van der Waals surface area contributed by atoms with Gasteiger partial charge in [0.25, 0.3) is 0 Å². The number of nitrogens with zero attached hydrogens (tertiary/aromatic N) is 2. The molecule has 8 heteroatoms. The summed E-state index contributed by atoms with van der Waals surface area (Å²) in [5, 5.41) is 13.3. The number of thioether (sulfide) groups is 1. The SMILES string of the molecule is NC(=O)c1ccc(Nc2nc(SCC(=O)O)c3ccccc3n2)cc1. The fourth-order valence-electron chi connectivity index (χ4n) is 2.19. The highest BCUT2D eigenvalue weighted by molar-refractivity contribution is 8.00. The van der Waals surface area contributed by atoms with Crippen molar-refractivity contribution in [1.82, 2.24) is 9.97 Å². The predicted octanol–water partition coefficient (Wildman–Crippen LogP) is 2.65. The zero-order valence-corrected chi connectivity index (χ0v) is 13.8. The van der Waals surface area contributed by atoms with Crippen molar-refractivity contribution >= 4 is 46.2 Å². The number of aliphatic carboxylic acids is 1. The van der Waals surface area contributed by atoms with Gasteiger partial charge in [-0.3, -0.25) is 9.59 Å². The molecule has 4 N–H and O–H groups in total. The number of nitrogens with two attached hydrogens (primary N) is 1. The quantitative estimate of drug-likeness (QED) is 0.460. The molecular formula is C17H14N4O3S. The molecule has 0 fully saturated rings. The molecule has 0 spiro atoms. The van der Waals surface area contributed by atoms with E-state index in [1.54, 1.807) is 24.3 Å². The van der Waals surface area contributed by atoms with Crippen molar-refractivity contribution in [3.8, 4) is 0 Å². The van der Waals surface area contributed by atoms with Gasteiger partial charge in [-0.25, -0.2) is 9.97 Å². The van der Waals surface area contributed by atoms with Crippen molar-refractivity contribution < 1.29 is 14.7 Å². The summed E-state index contributed by atoms with van der Waals surface area (Å²) in [4.78, 5) is 30.8. The summed E-state index contributed by atoms with van der Waals surface area (Å²) in [6.45, 7) is 0. The first-order valence-corrected chi connectivity index (χ1v) is 8.30. The van der Waals surface area contributed by atoms with Crippen LogP contribution in [0.3, 0.4) is 0 Å². The normalized spacial score (nSPS) is 10.6. The van der Waals surface area contributed by atoms with Gasteiger partial charge >= 0.3 is 5.97 Å². The highest BCUT2D eigenvalue weighted by Gasteiger charge is 2.10. The minimum Gasteiger partial charge on any atom is -0.481 e. The molecule has 1 amide bonds. The number of hydrogen-bond donors (Lipinski definition) is 3. The number of nitrogens with one attached hydrogen (secondary N) is 1. The van der Waals surface area contributed by atoms with Crippen LogP contribution >= 0.6 is 11.8 Å². The Morgan fingerprint density at radius 1 is 1.08 bits per heavy atom. The molecule has 25 heavy (non-hydrogen) atoms. The third-order valence-electron chi connectivity index (χ3n) is 3.33. The molecule has 1 aromatic heterocycles. The maximum absolute atomic E-state index is 11.1. The van der Waals surface area contributed by atoms with Gasteiger partial charge < -0.3 is 16.2 Å². The zero-order chi connectivity index (χ0) is 17.8. The van der Waals surface area contributed by atoms with Crippen LogP contribution in [0.5, 0.6) is 0 Å². The van der Waals surface area contributed by atoms with Crippen LogP contribution in [0, 0.1) is 0 Å². The van der Waals surface area contributed by atoms with Crippen molar-refractivity contribution in [2.24, 2.45) is 5.73 Å². The molecule has 0 aliphatic rings. The molecule has 0 radical (unpaired) electrons. The Morgan fingerprint density at radius 3 is 2.48 bits per heavy atom. The maximum Gasteiger partial charge on any atom is 0.313 e. The number of carbonyl (C=O) groups is 2. The number of aromatic nitrogens is 2. The van der Waals surface area contributed by atoms with Crippen LogP contribution < -0.4 is 11.1 Å². The van der Waals surface area contributed by atoms with E-state index in [-0.39, 0.29) is 5.75 Å². The second kappa shape index (κ2) is 7.18. The van der Waals surface area contributed by atoms with E-state index in [1.807, 2.05) is 24.3 Å². The van der Waals surface area contributed by atoms with Gasteiger partial charge in [0.15, 0.2) is 0 Å². The first-order chi connectivity index (χ1) is 12.0. The Balaban J connectivity index is 1.92. The van der Waals surface area contributed by atoms with Gasteiger partial charge in [-0.1, -0.05) is 30.0 Å². The average molecular weight is 354 g/mol. The number of fused-ring (bicyclic) bond motifs is 1. The second-order valence-corrected chi connectivity index (χ2v) is 6.08. The van der Waals surface area contributed by atoms with Crippen LogP contribution in [0.1, 0.15) is 10.4 Å². The Hall–Kier alpha value is -3.13. The number of rotatable bonds is 6. The summed E-state index contributed by atoms with van der Waals surface area (Å²) in [6, 6.07) is 14.0. The Bertz CT molecular complexity index is 944. The molecule has 126 valence electrons. The Kier molecular flexibility index (Phi) is 4.80. The van der Waals surface area contributed by atoms with Crippen LogP contribution in [-0.2, 0) is 4.79 Å². The van der Waals surface area contributed by atoms with Crippen LogP contribution in [0.2, 0.25) is 0 Å². The number of carboxylic acid groups (broad SMARTS) is 1. The molecule has 7 nitrogen and oxygen atoms in total. The van der Waals surface area contributed by atoms with Crippen molar-refractivity contribution in [2.45, 2.75) is 5.03 Å². The number of hydrogen-bond acceptors (Lipinski definition) is 6. The molecule has 0 aliphatic carbocycles. The van der Waals surface area contributed by atoms with Crippen LogP contribution in [0.15, 0.2) is 53.6 Å². The molecule has 0 aliphatic heterocycles. The maximum atomic E-state index is 11.1. The molecule has 0 saturated carbocycles. The minimum absolute atomic E-state index is 0.0895. The molecule has 3 aromatic rings. The molecule has 2 aromatic carbocycles. The van der Waals surface area contributed by atoms with Gasteiger partial charge in [0.1, 0.15) is 5.03 Å². The highest BCUT2D eigenvalue weighted by atomic mass is 32.2. The van der Waals surface area contributed by atoms with E-state index >= 15 is 0 Å². The molecule has 0 atom stereocenters. The van der Waals surface area contributed by atoms with Crippen molar-refractivity contribution in [3.63, 3.8) is 0 Å². The summed E-state index contributed by atoms with van der Waals surface area (Å²) in [7, 11) is 0. The van der Waals surface area contributed by atoms with Gasteiger partial charge in [-0.05, 0) is 30.3 Å². The van der Waals surface area contributed by atoms with Crippen molar-refractivity contribution in [2.75, 3.05) is 11.1 Å². The summed E-state index contributed by atoms with van der Waals surface area (Å²) >= 11 is 1.14. The summed E-state index contributed by atoms with van der Waals surface area (Å²) in [6.07, 6.45) is 0. The topological polar surface area (TPSA) is 118 Å². The fourth-order valence-corrected chi connectivity index (χ4v) is 2.93. The fraction of sp³-hybridized carbons (Fsp3) is 0.0588. The molecular weight excluding hydrogens is 340 g/mol. The van der Waals surface area contributed by atoms with Gasteiger partial charge in [-0.2, -0.15) is 0 Å². The second-order valence-electron chi connectivity index (χ2n) is 5.12. The van der Waals surface area contributed by atoms with E-state index in [0.29, 0.717) is 27.7 Å². The molecule has 1 heterocycles. The zero-order valence-electron chi connectivity index (χ0n) is 13.0. The number of benzene rings is 2. The standard InChI is InChI=1S/C17H14N4O3S/c18-15(24)10-5-7-11(8-6-10)19-17-20-13-4-2-1-3-12(13)16(21-17)25-9-14(22)23/h1-8H,9H2,(H2,18,24)(H,22,23)(H,19,20,21). The van der Waals surface area contributed by atoms with Crippen molar-refractivity contribution in [3.05, 3.63) is 54.1 Å². The largest absolute Gasteiger partial charge is 0.481 e. The van der Waals surface area contributed by atoms with Crippen LogP contribution in [0.25, 0.3) is 10.9 Å². The van der Waals surface area contributed by atoms with E-state index in [9.17, 15) is 9.59 Å². The van der Waals surface area contributed by atoms with Crippen LogP contribution in [0.4, 0.5) is 11.6 Å². The number of carboxylic acids is 1. The molecule has 0 bridgehead atoms. The summed E-state index contributed by atoms with van der Waals surface area (Å²) in [5.74, 6) is -1.16. The lowest BCUT2D eigenvalue weighted by atomic mass is 10.2. The lowest BCUT2D eigenvalue weighted by Crippen LogP contribution is -2.10. The Labute approximate surface area is 147 Å². The van der Waals surface area contributed by atoms with Gasteiger partial charge in [-0.15, -0.1) is 0 Å². The van der Waals surface area contributed by atoms with Crippen molar-refractivity contribution in [1.29, 1.82) is 0 Å². The minimum atomic E-state index is -0.913. The number of primary amides is 1. The van der Waals surface area contributed by atoms with E-state index in [2.05, 4.69) is 15.3 Å². The first-order valence-electron chi connectivity index (χ1n) is 7.31. The summed E-state index contributed by atoms with van der Waals surface area (Å²) < 4.78 is 0. The predicted molar refractivity (Wildman–Crippen MR) is 96.1 cm³/mol. The van der Waals surface area contributed by atoms with Gasteiger partial charge in [0, 0.05) is 16.6 Å². The van der Waals surface area contributed by atoms with E-state index in [0.717, 1.165) is 17.1 Å². The third kappa shape index (κ3) is 4.04. The third-order valence-corrected chi connectivity index (χ3v) is 4.30. The first kappa shape index (κ1) is 16.7. The number of anilines is 2. The monoisotopic (exact) mass is 354 g/mol. The van der Waals surface area contributed by atoms with Gasteiger partial charge in [0.2, 0.25) is 11.9 Å². The van der Waals surface area contributed by atoms with E-state index in [4.69, 9.17) is 10.8 Å². The number of para-hydroxylation sites is 1. The highest BCUT2D eigenvalue weighted by Crippen LogP contribution is 2.27. The lowest BCUT2D eigenvalue weighted by molar-refractivity contribution is -0.133. The molecule has 0 saturated heterocycles. The summed E-state index contributed by atoms with van der Waals surface area (Å²) in [5.41, 5.74) is 7.03. The van der Waals surface area contributed by atoms with E-state index < -0.39 is 11.9 Å². The molecule has 0 unspecified atom stereocenters. The lowest BCUT2D eigenvalue weighted by Gasteiger charge is -2.09. The number of carbonyl (C=O) groups excluding carboxylic acids is 1. The Morgan fingerprint density at radius 2 is 1.80 bits per heavy atom. The van der Waals surface area contributed by atoms with E-state index in [1.165, 1.54) is 0 Å². The van der Waals surface area contributed by atoms with Gasteiger partial charge in [0.05, 0.1) is 11.3 Å².